The number of nitrogens with zero attached hydrogens (tertiary/aromatic N) is 3. The van der Waals surface area contributed by atoms with Crippen LogP contribution in [0, 0.1) is 0 Å². The van der Waals surface area contributed by atoms with Crippen LogP contribution in [0.3, 0.4) is 0 Å². The van der Waals surface area contributed by atoms with E-state index in [0.717, 1.165) is 0 Å². The van der Waals surface area contributed by atoms with Crippen molar-refractivity contribution in [1.29, 1.82) is 0 Å². The molecular formula is C34H36Cl2F4N6O8. The minimum absolute atomic E-state index is 0.0642. The number of ether oxygens (including phenoxy) is 5. The van der Waals surface area contributed by atoms with E-state index in [1.165, 1.54) is 29.2 Å². The molecule has 8 rings (SSSR count). The van der Waals surface area contributed by atoms with Crippen molar-refractivity contribution in [3.05, 3.63) is 47.5 Å². The van der Waals surface area contributed by atoms with Crippen LogP contribution in [-0.2, 0) is 14.3 Å². The Morgan fingerprint density at radius 3 is 1.63 bits per heavy atom. The van der Waals surface area contributed by atoms with Crippen LogP contribution in [0.2, 0.25) is 0 Å². The zero-order valence-electron chi connectivity index (χ0n) is 29.2. The Kier molecular flexibility index (Phi) is 10.6. The summed E-state index contributed by atoms with van der Waals surface area (Å²) in [6.07, 6.45) is -6.17. The van der Waals surface area contributed by atoms with Gasteiger partial charge in [0.1, 0.15) is 28.4 Å². The number of benzene rings is 2. The van der Waals surface area contributed by atoms with Crippen molar-refractivity contribution in [2.45, 2.75) is 75.7 Å². The lowest BCUT2D eigenvalue weighted by Crippen LogP contribution is -2.51. The molecule has 2 aromatic carbocycles. The monoisotopic (exact) mass is 802 g/mol. The maximum absolute atomic E-state index is 13.4. The van der Waals surface area contributed by atoms with Gasteiger partial charge in [-0.2, -0.15) is 0 Å². The Morgan fingerprint density at radius 1 is 0.778 bits per heavy atom. The van der Waals surface area contributed by atoms with E-state index in [2.05, 4.69) is 44.9 Å². The number of likely N-dealkylation sites (tertiary alicyclic amines) is 1. The summed E-state index contributed by atoms with van der Waals surface area (Å²) in [4.78, 5) is 47.8. The first-order valence-electron chi connectivity index (χ1n) is 16.8. The smallest absolute Gasteiger partial charge is 0.444 e. The van der Waals surface area contributed by atoms with Gasteiger partial charge in [0.2, 0.25) is 0 Å². The van der Waals surface area contributed by atoms with Gasteiger partial charge in [-0.25, -0.2) is 4.79 Å². The summed E-state index contributed by atoms with van der Waals surface area (Å²) in [5.74, 6) is -0.580. The molecular weight excluding hydrogens is 767 g/mol. The van der Waals surface area contributed by atoms with Gasteiger partial charge in [0, 0.05) is 13.1 Å². The molecule has 292 valence electrons. The van der Waals surface area contributed by atoms with Gasteiger partial charge in [-0.05, 0) is 83.8 Å². The summed E-state index contributed by atoms with van der Waals surface area (Å²) in [5, 5.41) is 8.72. The molecule has 3 N–H and O–H groups in total. The zero-order valence-corrected chi connectivity index (χ0v) is 30.7. The average molecular weight is 804 g/mol. The summed E-state index contributed by atoms with van der Waals surface area (Å²) >= 11 is 9.53. The van der Waals surface area contributed by atoms with E-state index < -0.39 is 35.4 Å². The number of carbonyl (C=O) groups excluding carboxylic acids is 3. The molecule has 14 nitrogen and oxygen atoms in total. The molecule has 0 atom stereocenters. The number of aliphatic imine (C=N–C) groups is 2. The number of fused-ring (bicyclic) bond motifs is 2. The number of para-hydroxylation sites is 2. The molecule has 2 fully saturated rings. The maximum atomic E-state index is 13.4. The van der Waals surface area contributed by atoms with Crippen LogP contribution < -0.4 is 34.9 Å². The summed E-state index contributed by atoms with van der Waals surface area (Å²) in [7, 11) is 0. The van der Waals surface area contributed by atoms with Gasteiger partial charge < -0.3 is 44.5 Å². The second-order valence-corrected chi connectivity index (χ2v) is 14.6. The van der Waals surface area contributed by atoms with E-state index in [1.807, 2.05) is 0 Å². The van der Waals surface area contributed by atoms with E-state index in [1.54, 1.807) is 32.9 Å². The lowest BCUT2D eigenvalue weighted by atomic mass is 9.88. The van der Waals surface area contributed by atoms with Crippen molar-refractivity contribution in [3.63, 3.8) is 0 Å². The van der Waals surface area contributed by atoms with Crippen molar-refractivity contribution >= 4 is 52.8 Å². The summed E-state index contributed by atoms with van der Waals surface area (Å²) < 4.78 is 76.8. The van der Waals surface area contributed by atoms with Crippen LogP contribution in [0.4, 0.5) is 22.4 Å². The highest BCUT2D eigenvalue weighted by atomic mass is 35.5. The number of hydrogen-bond donors (Lipinski definition) is 3. The number of rotatable bonds is 2. The lowest BCUT2D eigenvalue weighted by Gasteiger charge is -2.36. The molecule has 20 heteroatoms. The Morgan fingerprint density at radius 2 is 1.20 bits per heavy atom. The molecule has 0 unspecified atom stereocenters. The van der Waals surface area contributed by atoms with Crippen molar-refractivity contribution in [1.82, 2.24) is 20.9 Å². The normalized spacial score (nSPS) is 21.9. The molecule has 0 bridgehead atoms. The number of piperidine rings is 2. The average Bonchev–Trinajstić information content (AvgIpc) is 3.79. The van der Waals surface area contributed by atoms with E-state index in [4.69, 9.17) is 27.9 Å². The number of amidine groups is 2. The van der Waals surface area contributed by atoms with Crippen LogP contribution in [0.1, 0.15) is 57.6 Å². The van der Waals surface area contributed by atoms with Crippen LogP contribution in [-0.4, -0.2) is 95.3 Å². The first kappa shape index (κ1) is 39.2. The van der Waals surface area contributed by atoms with Gasteiger partial charge >= 0.3 is 18.7 Å². The summed E-state index contributed by atoms with van der Waals surface area (Å²) in [6, 6.07) is 8.91. The first-order chi connectivity index (χ1) is 25.4. The van der Waals surface area contributed by atoms with Crippen molar-refractivity contribution in [2.24, 2.45) is 9.98 Å². The molecule has 0 aliphatic carbocycles. The van der Waals surface area contributed by atoms with Crippen molar-refractivity contribution in [3.8, 4) is 23.0 Å². The second-order valence-electron chi connectivity index (χ2n) is 13.8. The Labute approximate surface area is 316 Å². The quantitative estimate of drug-likeness (QED) is 0.278. The van der Waals surface area contributed by atoms with Gasteiger partial charge in [-0.3, -0.25) is 19.6 Å². The van der Waals surface area contributed by atoms with E-state index in [9.17, 15) is 31.9 Å². The van der Waals surface area contributed by atoms with Crippen molar-refractivity contribution < 1.29 is 55.6 Å². The minimum Gasteiger partial charge on any atom is -0.444 e. The molecule has 0 radical (unpaired) electrons. The summed E-state index contributed by atoms with van der Waals surface area (Å²) in [6.45, 7) is 7.32. The second kappa shape index (κ2) is 14.6. The maximum Gasteiger partial charge on any atom is 0.586 e. The predicted molar refractivity (Wildman–Crippen MR) is 186 cm³/mol. The fourth-order valence-corrected chi connectivity index (χ4v) is 6.50. The number of nitrogens with one attached hydrogen (secondary N) is 3. The predicted octanol–water partition coefficient (Wildman–Crippen LogP) is 5.08. The largest absolute Gasteiger partial charge is 0.586 e. The number of hydrogen-bond acceptors (Lipinski definition) is 11. The van der Waals surface area contributed by atoms with Crippen molar-refractivity contribution in [2.75, 3.05) is 31.5 Å². The fraction of sp³-hybridized carbons (Fsp3) is 0.500. The zero-order chi connectivity index (χ0) is 39.1. The molecule has 2 saturated heterocycles. The molecule has 6 heterocycles. The lowest BCUT2D eigenvalue weighted by molar-refractivity contribution is -0.287. The van der Waals surface area contributed by atoms with Gasteiger partial charge in [-0.1, -0.05) is 12.1 Å². The SMILES string of the molecule is CC(C)(C)OC(=O)N1CCC2(CC1)N=C(c1cccc3c1OC(F)(F)O3)NC2=O.ClCCl.O=C1NC(c2cccc3c2OC(F)(F)O3)=NC12CCNCC2. The third kappa shape index (κ3) is 8.10. The first-order valence-corrected chi connectivity index (χ1v) is 17.9. The van der Waals surface area contributed by atoms with E-state index in [-0.39, 0.29) is 57.4 Å². The highest BCUT2D eigenvalue weighted by Crippen LogP contribution is 2.45. The number of halogens is 6. The van der Waals surface area contributed by atoms with E-state index >= 15 is 0 Å². The molecule has 6 aliphatic heterocycles. The van der Waals surface area contributed by atoms with Gasteiger partial charge in [0.25, 0.3) is 11.8 Å². The highest BCUT2D eigenvalue weighted by molar-refractivity contribution is 6.40. The van der Waals surface area contributed by atoms with E-state index in [0.29, 0.717) is 57.4 Å². The molecule has 0 aromatic heterocycles. The Bertz CT molecular complexity index is 1880. The highest BCUT2D eigenvalue weighted by Gasteiger charge is 2.51. The molecule has 2 aromatic rings. The molecule has 54 heavy (non-hydrogen) atoms. The van der Waals surface area contributed by atoms with Gasteiger partial charge in [-0.15, -0.1) is 40.8 Å². The van der Waals surface area contributed by atoms with Crippen LogP contribution in [0.5, 0.6) is 23.0 Å². The number of amides is 3. The topological polar surface area (TPSA) is 161 Å². The Hall–Kier alpha value is -4.55. The number of carbonyl (C=O) groups is 3. The summed E-state index contributed by atoms with van der Waals surface area (Å²) in [5.41, 5.74) is -1.96. The third-order valence-corrected chi connectivity index (χ3v) is 9.00. The van der Waals surface area contributed by atoms with Crippen LogP contribution in [0.15, 0.2) is 46.4 Å². The molecule has 6 aliphatic rings. The Balaban J connectivity index is 0.000000177. The van der Waals surface area contributed by atoms with Crippen LogP contribution in [0.25, 0.3) is 0 Å². The molecule has 0 saturated carbocycles. The molecule has 2 spiro atoms. The van der Waals surface area contributed by atoms with Gasteiger partial charge in [0.15, 0.2) is 23.0 Å². The number of alkyl halides is 6. The molecule has 3 amide bonds. The minimum atomic E-state index is -3.77. The standard InChI is InChI=1S/C19H21F2N3O5.C14H13F2N3O3.CH2Cl2/c1-17(2,3)29-16(26)24-9-7-18(8-10-24)15(25)22-14(23-18)11-5-4-6-12-13(11)28-19(20,21)27-12;15-14(16)21-9-3-1-2-8(10(9)22-14)11-18-12(20)13(19-11)4-6-17-7-5-13;2-1-3/h4-6H,7-10H2,1-3H3,(H,22,23,25);1-3,17H,4-7H2,(H,18,19,20);1H2. The fourth-order valence-electron chi connectivity index (χ4n) is 6.50. The third-order valence-electron chi connectivity index (χ3n) is 9.00. The van der Waals surface area contributed by atoms with Crippen LogP contribution >= 0.6 is 23.2 Å². The van der Waals surface area contributed by atoms with Gasteiger partial charge in [0.05, 0.1) is 16.5 Å².